The van der Waals surface area contributed by atoms with Crippen LogP contribution in [0.2, 0.25) is 5.22 Å². The summed E-state index contributed by atoms with van der Waals surface area (Å²) < 4.78 is 24.3. The minimum atomic E-state index is -1.20. The number of carbonyl (C=O) groups is 2. The lowest BCUT2D eigenvalue weighted by atomic mass is 10.0. The molecule has 1 aliphatic rings. The molecule has 27 heavy (non-hydrogen) atoms. The zero-order chi connectivity index (χ0) is 19.6. The molecule has 3 heterocycles. The second-order valence-corrected chi connectivity index (χ2v) is 7.08. The van der Waals surface area contributed by atoms with E-state index in [0.29, 0.717) is 12.2 Å². The normalized spacial score (nSPS) is 19.9. The van der Waals surface area contributed by atoms with Crippen molar-refractivity contribution in [1.29, 1.82) is 0 Å². The van der Waals surface area contributed by atoms with Crippen molar-refractivity contribution in [3.8, 4) is 0 Å². The van der Waals surface area contributed by atoms with Gasteiger partial charge in [0, 0.05) is 31.0 Å². The maximum Gasteiger partial charge on any atom is 0.287 e. The number of piperidine rings is 1. The Morgan fingerprint density at radius 2 is 2.15 bits per heavy atom. The third-order valence-corrected chi connectivity index (χ3v) is 4.86. The van der Waals surface area contributed by atoms with Gasteiger partial charge in [0.05, 0.1) is 12.2 Å². The fourth-order valence-electron chi connectivity index (χ4n) is 3.29. The molecule has 146 valence electrons. The molecule has 0 spiro atoms. The second kappa shape index (κ2) is 8.12. The number of hydrogen-bond acceptors (Lipinski definition) is 5. The van der Waals surface area contributed by atoms with Crippen LogP contribution in [0.25, 0.3) is 0 Å². The van der Waals surface area contributed by atoms with Crippen LogP contribution in [0.3, 0.4) is 0 Å². The maximum atomic E-state index is 14.1. The van der Waals surface area contributed by atoms with Crippen LogP contribution in [0.5, 0.6) is 0 Å². The molecule has 1 N–H and O–H groups in total. The number of amides is 2. The van der Waals surface area contributed by atoms with E-state index in [9.17, 15) is 14.0 Å². The lowest BCUT2D eigenvalue weighted by molar-refractivity contribution is -0.133. The molecule has 2 aromatic rings. The monoisotopic (exact) mass is 397 g/mol. The van der Waals surface area contributed by atoms with E-state index in [1.54, 1.807) is 6.92 Å². The quantitative estimate of drug-likeness (QED) is 0.838. The molecule has 0 radical (unpaired) electrons. The third kappa shape index (κ3) is 4.68. The highest BCUT2D eigenvalue weighted by Crippen LogP contribution is 2.19. The summed E-state index contributed by atoms with van der Waals surface area (Å²) in [4.78, 5) is 26.1. The number of rotatable bonds is 5. The molecule has 0 aliphatic carbocycles. The summed E-state index contributed by atoms with van der Waals surface area (Å²) in [5.74, 6) is 0.0867. The highest BCUT2D eigenvalue weighted by Gasteiger charge is 2.31. The van der Waals surface area contributed by atoms with Gasteiger partial charge < -0.3 is 19.2 Å². The predicted molar refractivity (Wildman–Crippen MR) is 95.4 cm³/mol. The van der Waals surface area contributed by atoms with E-state index in [0.717, 1.165) is 11.3 Å². The average molecular weight is 398 g/mol. The number of nitrogens with zero attached hydrogens (tertiary/aromatic N) is 2. The average Bonchev–Trinajstić information content (AvgIpc) is 3.18. The summed E-state index contributed by atoms with van der Waals surface area (Å²) in [6.07, 6.45) is -0.347. The summed E-state index contributed by atoms with van der Waals surface area (Å²) in [7, 11) is 0. The molecule has 1 saturated heterocycles. The fraction of sp³-hybridized carbons (Fsp3) is 0.500. The number of alkyl halides is 1. The first-order valence-corrected chi connectivity index (χ1v) is 9.11. The van der Waals surface area contributed by atoms with Crippen molar-refractivity contribution in [2.75, 3.05) is 13.1 Å². The summed E-state index contributed by atoms with van der Waals surface area (Å²) in [6.45, 7) is 3.90. The highest BCUT2D eigenvalue weighted by molar-refractivity contribution is 6.29. The van der Waals surface area contributed by atoms with E-state index in [1.165, 1.54) is 17.0 Å². The fourth-order valence-corrected chi connectivity index (χ4v) is 3.43. The van der Waals surface area contributed by atoms with Crippen molar-refractivity contribution in [3.05, 3.63) is 40.1 Å². The van der Waals surface area contributed by atoms with E-state index in [-0.39, 0.29) is 42.8 Å². The largest absolute Gasteiger partial charge is 0.440 e. The van der Waals surface area contributed by atoms with E-state index in [1.807, 2.05) is 6.92 Å². The van der Waals surface area contributed by atoms with E-state index >= 15 is 0 Å². The van der Waals surface area contributed by atoms with E-state index in [4.69, 9.17) is 20.5 Å². The molecule has 7 nitrogen and oxygen atoms in total. The van der Waals surface area contributed by atoms with E-state index in [2.05, 4.69) is 10.5 Å². The van der Waals surface area contributed by atoms with Gasteiger partial charge in [-0.25, -0.2) is 4.39 Å². The van der Waals surface area contributed by atoms with Crippen LogP contribution in [0, 0.1) is 13.8 Å². The summed E-state index contributed by atoms with van der Waals surface area (Å²) in [5, 5.41) is 6.67. The molecule has 1 aliphatic heterocycles. The molecule has 2 aromatic heterocycles. The molecule has 9 heteroatoms. The summed E-state index contributed by atoms with van der Waals surface area (Å²) in [5.41, 5.74) is 1.65. The van der Waals surface area contributed by atoms with Crippen molar-refractivity contribution >= 4 is 23.4 Å². The number of halogens is 2. The SMILES string of the molecule is Cc1noc(C)c1CCC(=O)N1C[C@H](F)C[C@H](NC(=O)c2ccc(Cl)o2)C1. The minimum absolute atomic E-state index is 0.0272. The van der Waals surface area contributed by atoms with Gasteiger partial charge in [-0.05, 0) is 44.0 Å². The molecule has 2 atom stereocenters. The van der Waals surface area contributed by atoms with Gasteiger partial charge in [0.25, 0.3) is 5.91 Å². The van der Waals surface area contributed by atoms with Crippen LogP contribution < -0.4 is 5.32 Å². The Morgan fingerprint density at radius 3 is 2.78 bits per heavy atom. The first-order valence-electron chi connectivity index (χ1n) is 8.73. The van der Waals surface area contributed by atoms with Crippen LogP contribution in [0.1, 0.15) is 40.4 Å². The van der Waals surface area contributed by atoms with E-state index < -0.39 is 18.1 Å². The summed E-state index contributed by atoms with van der Waals surface area (Å²) in [6, 6.07) is 2.41. The van der Waals surface area contributed by atoms with Gasteiger partial charge in [-0.2, -0.15) is 0 Å². The number of aryl methyl sites for hydroxylation is 2. The number of furan rings is 1. The lowest BCUT2D eigenvalue weighted by Gasteiger charge is -2.35. The Bertz CT molecular complexity index is 815. The Morgan fingerprint density at radius 1 is 1.37 bits per heavy atom. The highest BCUT2D eigenvalue weighted by atomic mass is 35.5. The zero-order valence-electron chi connectivity index (χ0n) is 15.1. The summed E-state index contributed by atoms with van der Waals surface area (Å²) >= 11 is 5.66. The standard InChI is InChI=1S/C18H21ClFN3O4/c1-10-14(11(2)27-22-10)3-6-17(24)23-8-12(20)7-13(9-23)21-18(25)15-4-5-16(19)26-15/h4-5,12-13H,3,6-9H2,1-2H3,(H,21,25)/t12-,13+/m1/s1. The van der Waals surface area contributed by atoms with Crippen LogP contribution >= 0.6 is 11.6 Å². The van der Waals surface area contributed by atoms with Crippen molar-refractivity contribution < 1.29 is 22.9 Å². The van der Waals surface area contributed by atoms with Gasteiger partial charge in [0.1, 0.15) is 11.9 Å². The van der Waals surface area contributed by atoms with Gasteiger partial charge in [-0.1, -0.05) is 5.16 Å². The number of hydrogen-bond donors (Lipinski definition) is 1. The van der Waals surface area contributed by atoms with Crippen molar-refractivity contribution in [2.24, 2.45) is 0 Å². The number of aromatic nitrogens is 1. The Kier molecular flexibility index (Phi) is 5.84. The molecule has 2 amide bonds. The number of nitrogens with one attached hydrogen (secondary N) is 1. The van der Waals surface area contributed by atoms with Crippen molar-refractivity contribution in [2.45, 2.75) is 45.3 Å². The Hall–Kier alpha value is -2.35. The molecule has 3 rings (SSSR count). The maximum absolute atomic E-state index is 14.1. The molecule has 0 bridgehead atoms. The van der Waals surface area contributed by atoms with Crippen molar-refractivity contribution in [1.82, 2.24) is 15.4 Å². The van der Waals surface area contributed by atoms with Gasteiger partial charge in [0.2, 0.25) is 5.91 Å². The Labute approximate surface area is 160 Å². The topological polar surface area (TPSA) is 88.6 Å². The van der Waals surface area contributed by atoms with Crippen LogP contribution in [-0.2, 0) is 11.2 Å². The first-order chi connectivity index (χ1) is 12.8. The molecule has 0 aromatic carbocycles. The zero-order valence-corrected chi connectivity index (χ0v) is 15.9. The van der Waals surface area contributed by atoms with Crippen LogP contribution in [0.4, 0.5) is 4.39 Å². The van der Waals surface area contributed by atoms with Gasteiger partial charge >= 0.3 is 0 Å². The van der Waals surface area contributed by atoms with Crippen molar-refractivity contribution in [3.63, 3.8) is 0 Å². The molecule has 1 fully saturated rings. The second-order valence-electron chi connectivity index (χ2n) is 6.71. The molecular weight excluding hydrogens is 377 g/mol. The minimum Gasteiger partial charge on any atom is -0.440 e. The Balaban J connectivity index is 1.57. The van der Waals surface area contributed by atoms with Gasteiger partial charge in [-0.3, -0.25) is 9.59 Å². The molecule has 0 unspecified atom stereocenters. The molecular formula is C18H21ClFN3O4. The first kappa shape index (κ1) is 19.4. The lowest BCUT2D eigenvalue weighted by Crippen LogP contribution is -2.53. The predicted octanol–water partition coefficient (Wildman–Crippen LogP) is 2.84. The third-order valence-electron chi connectivity index (χ3n) is 4.65. The van der Waals surface area contributed by atoms with Gasteiger partial charge in [-0.15, -0.1) is 0 Å². The smallest absolute Gasteiger partial charge is 0.287 e. The number of carbonyl (C=O) groups excluding carboxylic acids is 2. The van der Waals surface area contributed by atoms with Gasteiger partial charge in [0.15, 0.2) is 11.0 Å². The van der Waals surface area contributed by atoms with Crippen LogP contribution in [-0.4, -0.2) is 47.2 Å². The van der Waals surface area contributed by atoms with Crippen LogP contribution in [0.15, 0.2) is 21.1 Å². The number of likely N-dealkylation sites (tertiary alicyclic amines) is 1. The molecule has 0 saturated carbocycles.